The first-order valence-electron chi connectivity index (χ1n) is 6.28. The van der Waals surface area contributed by atoms with Crippen molar-refractivity contribution in [2.45, 2.75) is 19.4 Å². The number of amides is 1. The van der Waals surface area contributed by atoms with Crippen molar-refractivity contribution in [3.63, 3.8) is 0 Å². The lowest BCUT2D eigenvalue weighted by Crippen LogP contribution is -2.53. The molecule has 0 N–H and O–H groups in total. The molecule has 4 heteroatoms. The van der Waals surface area contributed by atoms with Gasteiger partial charge in [-0.15, -0.1) is 0 Å². The van der Waals surface area contributed by atoms with Crippen LogP contribution in [-0.2, 0) is 11.2 Å². The molecule has 0 aliphatic carbocycles. The van der Waals surface area contributed by atoms with E-state index in [-0.39, 0.29) is 17.8 Å². The number of carbonyl (C=O) groups excluding carboxylic acids is 1. The molecule has 0 bridgehead atoms. The SMILES string of the molecule is CC1CN(C)CCN1C(=O)Cc1ccc(F)cc1. The zero-order valence-corrected chi connectivity index (χ0v) is 10.9. The summed E-state index contributed by atoms with van der Waals surface area (Å²) in [5.74, 6) is -0.138. The lowest BCUT2D eigenvalue weighted by molar-refractivity contribution is -0.134. The van der Waals surface area contributed by atoms with Crippen molar-refractivity contribution in [1.82, 2.24) is 9.80 Å². The average molecular weight is 250 g/mol. The van der Waals surface area contributed by atoms with Gasteiger partial charge in [-0.1, -0.05) is 12.1 Å². The molecule has 0 radical (unpaired) electrons. The van der Waals surface area contributed by atoms with Crippen molar-refractivity contribution >= 4 is 5.91 Å². The molecule has 1 aromatic carbocycles. The molecule has 0 spiro atoms. The van der Waals surface area contributed by atoms with Crippen LogP contribution in [0.25, 0.3) is 0 Å². The number of rotatable bonds is 2. The summed E-state index contributed by atoms with van der Waals surface area (Å²) in [6, 6.07) is 6.39. The molecule has 0 saturated carbocycles. The number of hydrogen-bond acceptors (Lipinski definition) is 2. The van der Waals surface area contributed by atoms with Gasteiger partial charge in [0.1, 0.15) is 5.82 Å². The molecule has 1 amide bonds. The zero-order valence-electron chi connectivity index (χ0n) is 10.9. The van der Waals surface area contributed by atoms with Gasteiger partial charge >= 0.3 is 0 Å². The van der Waals surface area contributed by atoms with Crippen LogP contribution in [0.5, 0.6) is 0 Å². The summed E-state index contributed by atoms with van der Waals surface area (Å²) in [6.45, 7) is 4.67. The molecule has 98 valence electrons. The van der Waals surface area contributed by atoms with Gasteiger partial charge in [0, 0.05) is 25.7 Å². The summed E-state index contributed by atoms with van der Waals surface area (Å²) >= 11 is 0. The van der Waals surface area contributed by atoms with E-state index in [1.807, 2.05) is 4.90 Å². The van der Waals surface area contributed by atoms with Crippen molar-refractivity contribution in [1.29, 1.82) is 0 Å². The van der Waals surface area contributed by atoms with E-state index in [2.05, 4.69) is 18.9 Å². The van der Waals surface area contributed by atoms with Crippen LogP contribution >= 0.6 is 0 Å². The minimum absolute atomic E-state index is 0.127. The second-order valence-electron chi connectivity index (χ2n) is 5.00. The summed E-state index contributed by atoms with van der Waals surface area (Å²) in [4.78, 5) is 16.3. The van der Waals surface area contributed by atoms with Gasteiger partial charge in [0.05, 0.1) is 6.42 Å². The fourth-order valence-electron chi connectivity index (χ4n) is 2.39. The Labute approximate surface area is 107 Å². The Hall–Kier alpha value is -1.42. The zero-order chi connectivity index (χ0) is 13.1. The van der Waals surface area contributed by atoms with Gasteiger partial charge in [0.15, 0.2) is 0 Å². The predicted molar refractivity (Wildman–Crippen MR) is 68.8 cm³/mol. The van der Waals surface area contributed by atoms with Gasteiger partial charge in [-0.25, -0.2) is 4.39 Å². The minimum atomic E-state index is -0.265. The first-order chi connectivity index (χ1) is 8.56. The topological polar surface area (TPSA) is 23.6 Å². The van der Waals surface area contributed by atoms with Crippen molar-refractivity contribution in [3.8, 4) is 0 Å². The van der Waals surface area contributed by atoms with Crippen LogP contribution in [0.15, 0.2) is 24.3 Å². The quantitative estimate of drug-likeness (QED) is 0.794. The molecule has 1 unspecified atom stereocenters. The second-order valence-corrected chi connectivity index (χ2v) is 5.00. The van der Waals surface area contributed by atoms with Crippen molar-refractivity contribution < 1.29 is 9.18 Å². The molecule has 1 aliphatic rings. The van der Waals surface area contributed by atoms with E-state index in [0.717, 1.165) is 25.2 Å². The maximum Gasteiger partial charge on any atom is 0.227 e. The van der Waals surface area contributed by atoms with Crippen LogP contribution in [0.1, 0.15) is 12.5 Å². The third-order valence-corrected chi connectivity index (χ3v) is 3.42. The highest BCUT2D eigenvalue weighted by Crippen LogP contribution is 2.11. The molecule has 1 aliphatic heterocycles. The first-order valence-corrected chi connectivity index (χ1v) is 6.28. The molecule has 0 aromatic heterocycles. The molecular formula is C14H19FN2O. The van der Waals surface area contributed by atoms with Crippen LogP contribution < -0.4 is 0 Å². The molecule has 1 heterocycles. The monoisotopic (exact) mass is 250 g/mol. The number of likely N-dealkylation sites (N-methyl/N-ethyl adjacent to an activating group) is 1. The molecular weight excluding hydrogens is 231 g/mol. The van der Waals surface area contributed by atoms with E-state index in [4.69, 9.17) is 0 Å². The van der Waals surface area contributed by atoms with E-state index in [1.165, 1.54) is 12.1 Å². The Kier molecular flexibility index (Phi) is 3.97. The van der Waals surface area contributed by atoms with E-state index in [9.17, 15) is 9.18 Å². The summed E-state index contributed by atoms with van der Waals surface area (Å²) in [6.07, 6.45) is 0.355. The van der Waals surface area contributed by atoms with Gasteiger partial charge in [-0.2, -0.15) is 0 Å². The number of nitrogens with zero attached hydrogens (tertiary/aromatic N) is 2. The van der Waals surface area contributed by atoms with Gasteiger partial charge in [-0.05, 0) is 31.7 Å². The summed E-state index contributed by atoms with van der Waals surface area (Å²) in [5, 5.41) is 0. The first kappa shape index (κ1) is 13.0. The predicted octanol–water partition coefficient (Wildman–Crippen LogP) is 1.53. The van der Waals surface area contributed by atoms with Crippen LogP contribution in [0.3, 0.4) is 0 Å². The highest BCUT2D eigenvalue weighted by molar-refractivity contribution is 5.79. The fraction of sp³-hybridized carbons (Fsp3) is 0.500. The van der Waals surface area contributed by atoms with Gasteiger partial charge in [-0.3, -0.25) is 4.79 Å². The maximum absolute atomic E-state index is 12.8. The van der Waals surface area contributed by atoms with Crippen molar-refractivity contribution in [2.24, 2.45) is 0 Å². The van der Waals surface area contributed by atoms with E-state index < -0.39 is 0 Å². The summed E-state index contributed by atoms with van der Waals surface area (Å²) in [7, 11) is 2.07. The van der Waals surface area contributed by atoms with Gasteiger partial charge < -0.3 is 9.80 Å². The highest BCUT2D eigenvalue weighted by Gasteiger charge is 2.25. The number of carbonyl (C=O) groups is 1. The largest absolute Gasteiger partial charge is 0.337 e. The van der Waals surface area contributed by atoms with Gasteiger partial charge in [0.25, 0.3) is 0 Å². The van der Waals surface area contributed by atoms with Crippen LogP contribution in [0.4, 0.5) is 4.39 Å². The van der Waals surface area contributed by atoms with Crippen molar-refractivity contribution in [3.05, 3.63) is 35.6 Å². The van der Waals surface area contributed by atoms with Crippen LogP contribution in [-0.4, -0.2) is 48.4 Å². The second kappa shape index (κ2) is 5.48. The van der Waals surface area contributed by atoms with Gasteiger partial charge in [0.2, 0.25) is 5.91 Å². The number of halogens is 1. The minimum Gasteiger partial charge on any atom is -0.337 e. The Balaban J connectivity index is 1.97. The summed E-state index contributed by atoms with van der Waals surface area (Å²) < 4.78 is 12.8. The summed E-state index contributed by atoms with van der Waals surface area (Å²) in [5.41, 5.74) is 0.868. The standard InChI is InChI=1S/C14H19FN2O/c1-11-10-16(2)7-8-17(11)14(18)9-12-3-5-13(15)6-4-12/h3-6,11H,7-10H2,1-2H3. The molecule has 1 atom stereocenters. The van der Waals surface area contributed by atoms with Crippen LogP contribution in [0.2, 0.25) is 0 Å². The smallest absolute Gasteiger partial charge is 0.227 e. The Morgan fingerprint density at radius 3 is 2.61 bits per heavy atom. The number of hydrogen-bond donors (Lipinski definition) is 0. The third kappa shape index (κ3) is 3.07. The van der Waals surface area contributed by atoms with E-state index in [1.54, 1.807) is 12.1 Å². The molecule has 1 fully saturated rings. The molecule has 18 heavy (non-hydrogen) atoms. The maximum atomic E-state index is 12.8. The van der Waals surface area contributed by atoms with E-state index >= 15 is 0 Å². The molecule has 1 saturated heterocycles. The highest BCUT2D eigenvalue weighted by atomic mass is 19.1. The lowest BCUT2D eigenvalue weighted by Gasteiger charge is -2.38. The van der Waals surface area contributed by atoms with Crippen molar-refractivity contribution in [2.75, 3.05) is 26.7 Å². The number of benzene rings is 1. The normalized spacial score (nSPS) is 21.1. The molecule has 1 aromatic rings. The Bertz CT molecular complexity index is 418. The molecule has 3 nitrogen and oxygen atoms in total. The Morgan fingerprint density at radius 1 is 1.33 bits per heavy atom. The fourth-order valence-corrected chi connectivity index (χ4v) is 2.39. The molecule has 2 rings (SSSR count). The lowest BCUT2D eigenvalue weighted by atomic mass is 10.1. The third-order valence-electron chi connectivity index (χ3n) is 3.42. The van der Waals surface area contributed by atoms with Crippen LogP contribution in [0, 0.1) is 5.82 Å². The average Bonchev–Trinajstić information content (AvgIpc) is 2.32. The Morgan fingerprint density at radius 2 is 2.00 bits per heavy atom. The van der Waals surface area contributed by atoms with E-state index in [0.29, 0.717) is 6.42 Å². The number of piperazine rings is 1.